The van der Waals surface area contributed by atoms with Gasteiger partial charge < -0.3 is 5.11 Å². The molecule has 0 aromatic carbocycles. The molecule has 10 heavy (non-hydrogen) atoms. The summed E-state index contributed by atoms with van der Waals surface area (Å²) in [7, 11) is 0.0304. The van der Waals surface area contributed by atoms with Crippen LogP contribution in [0.25, 0.3) is 0 Å². The first kappa shape index (κ1) is 9.90. The second kappa shape index (κ2) is 5.67. The van der Waals surface area contributed by atoms with Gasteiger partial charge in [0.15, 0.2) is 0 Å². The van der Waals surface area contributed by atoms with Crippen molar-refractivity contribution in [1.82, 2.24) is 0 Å². The van der Waals surface area contributed by atoms with Crippen molar-refractivity contribution >= 4 is 13.9 Å². The van der Waals surface area contributed by atoms with Gasteiger partial charge in [0.25, 0.3) is 0 Å². The molecule has 0 fully saturated rings. The van der Waals surface area contributed by atoms with Crippen molar-refractivity contribution in [3.05, 3.63) is 0 Å². The first-order valence-electron chi connectivity index (χ1n) is 3.64. The van der Waals surface area contributed by atoms with Crippen molar-refractivity contribution in [2.24, 2.45) is 0 Å². The molecule has 0 heterocycles. The summed E-state index contributed by atoms with van der Waals surface area (Å²) in [6.45, 7) is 4.27. The molecule has 0 saturated carbocycles. The summed E-state index contributed by atoms with van der Waals surface area (Å²) in [6, 6.07) is 0. The first-order valence-corrected chi connectivity index (χ1v) is 5.54. The number of carboxylic acid groups (broad SMARTS) is 1. The highest BCUT2D eigenvalue weighted by molar-refractivity contribution is 7.57. The number of aliphatic carboxylic acids is 1. The van der Waals surface area contributed by atoms with Gasteiger partial charge in [0.2, 0.25) is 0 Å². The Morgan fingerprint density at radius 3 is 2.20 bits per heavy atom. The van der Waals surface area contributed by atoms with Gasteiger partial charge in [-0.15, -0.1) is 7.92 Å². The van der Waals surface area contributed by atoms with Crippen LogP contribution >= 0.6 is 7.92 Å². The average molecular weight is 162 g/mol. The lowest BCUT2D eigenvalue weighted by Gasteiger charge is -2.09. The summed E-state index contributed by atoms with van der Waals surface area (Å²) in [5, 5.41) is 8.36. The topological polar surface area (TPSA) is 37.3 Å². The van der Waals surface area contributed by atoms with Crippen LogP contribution in [0.4, 0.5) is 0 Å². The van der Waals surface area contributed by atoms with E-state index in [1.807, 2.05) is 0 Å². The van der Waals surface area contributed by atoms with Crippen LogP contribution in [0.5, 0.6) is 0 Å². The van der Waals surface area contributed by atoms with Crippen LogP contribution < -0.4 is 0 Å². The SMILES string of the molecule is CCP(CC)CCC(=O)O. The molecule has 0 atom stereocenters. The molecule has 1 N–H and O–H groups in total. The lowest BCUT2D eigenvalue weighted by Crippen LogP contribution is -1.99. The van der Waals surface area contributed by atoms with Crippen LogP contribution in [0, 0.1) is 0 Å². The number of hydrogen-bond donors (Lipinski definition) is 1. The van der Waals surface area contributed by atoms with E-state index in [0.29, 0.717) is 6.42 Å². The maximum Gasteiger partial charge on any atom is 0.303 e. The van der Waals surface area contributed by atoms with Gasteiger partial charge in [-0.05, 0) is 18.5 Å². The Morgan fingerprint density at radius 2 is 1.90 bits per heavy atom. The zero-order valence-electron chi connectivity index (χ0n) is 6.63. The van der Waals surface area contributed by atoms with Gasteiger partial charge in [-0.2, -0.15) is 0 Å². The van der Waals surface area contributed by atoms with E-state index in [2.05, 4.69) is 13.8 Å². The minimum absolute atomic E-state index is 0.0304. The fourth-order valence-corrected chi connectivity index (χ4v) is 2.38. The Hall–Kier alpha value is -0.100. The summed E-state index contributed by atoms with van der Waals surface area (Å²) >= 11 is 0. The molecule has 60 valence electrons. The van der Waals surface area contributed by atoms with Crippen molar-refractivity contribution in [2.75, 3.05) is 18.5 Å². The number of carbonyl (C=O) groups is 1. The van der Waals surface area contributed by atoms with Crippen molar-refractivity contribution in [3.8, 4) is 0 Å². The second-order valence-electron chi connectivity index (χ2n) is 2.17. The van der Waals surface area contributed by atoms with Crippen LogP contribution in [-0.4, -0.2) is 29.6 Å². The molecule has 0 spiro atoms. The summed E-state index contributed by atoms with van der Waals surface area (Å²) < 4.78 is 0. The average Bonchev–Trinajstić information content (AvgIpc) is 1.90. The van der Waals surface area contributed by atoms with Gasteiger partial charge in [-0.1, -0.05) is 13.8 Å². The number of hydrogen-bond acceptors (Lipinski definition) is 1. The van der Waals surface area contributed by atoms with E-state index >= 15 is 0 Å². The molecule has 0 aliphatic rings. The molecule has 0 unspecified atom stereocenters. The molecule has 0 aliphatic heterocycles. The van der Waals surface area contributed by atoms with Crippen LogP contribution in [0.15, 0.2) is 0 Å². The Morgan fingerprint density at radius 1 is 1.40 bits per heavy atom. The maximum absolute atomic E-state index is 10.1. The highest BCUT2D eigenvalue weighted by Gasteiger charge is 2.04. The van der Waals surface area contributed by atoms with Gasteiger partial charge in [-0.3, -0.25) is 4.79 Å². The van der Waals surface area contributed by atoms with E-state index in [9.17, 15) is 4.79 Å². The van der Waals surface area contributed by atoms with E-state index in [1.165, 1.54) is 12.3 Å². The Bertz CT molecular complexity index is 99.8. The monoisotopic (exact) mass is 162 g/mol. The van der Waals surface area contributed by atoms with Crippen molar-refractivity contribution in [2.45, 2.75) is 20.3 Å². The molecule has 0 amide bonds. The molecule has 0 saturated heterocycles. The smallest absolute Gasteiger partial charge is 0.303 e. The predicted octanol–water partition coefficient (Wildman–Crippen LogP) is 1.98. The highest BCUT2D eigenvalue weighted by Crippen LogP contribution is 2.34. The fraction of sp³-hybridized carbons (Fsp3) is 0.857. The molecular weight excluding hydrogens is 147 g/mol. The molecule has 2 nitrogen and oxygen atoms in total. The second-order valence-corrected chi connectivity index (χ2v) is 5.22. The molecular formula is C7H15O2P. The predicted molar refractivity (Wildman–Crippen MR) is 45.1 cm³/mol. The first-order chi connectivity index (χ1) is 4.70. The largest absolute Gasteiger partial charge is 0.481 e. The summed E-state index contributed by atoms with van der Waals surface area (Å²) in [5.41, 5.74) is 0. The third-order valence-electron chi connectivity index (χ3n) is 1.54. The van der Waals surface area contributed by atoms with E-state index < -0.39 is 5.97 Å². The summed E-state index contributed by atoms with van der Waals surface area (Å²) in [6.07, 6.45) is 3.59. The zero-order valence-corrected chi connectivity index (χ0v) is 7.53. The summed E-state index contributed by atoms with van der Waals surface area (Å²) in [5.74, 6) is -0.658. The molecule has 0 aliphatic carbocycles. The minimum atomic E-state index is -0.658. The van der Waals surface area contributed by atoms with Gasteiger partial charge in [0.05, 0.1) is 0 Å². The van der Waals surface area contributed by atoms with E-state index in [0.717, 1.165) is 6.16 Å². The third-order valence-corrected chi connectivity index (χ3v) is 4.18. The number of rotatable bonds is 5. The van der Waals surface area contributed by atoms with Crippen LogP contribution in [-0.2, 0) is 4.79 Å². The fourth-order valence-electron chi connectivity index (χ4n) is 0.794. The van der Waals surface area contributed by atoms with E-state index in [4.69, 9.17) is 5.11 Å². The molecule has 0 radical (unpaired) electrons. The molecule has 3 heteroatoms. The standard InChI is InChI=1S/C7H15O2P/c1-3-10(4-2)6-5-7(8)9/h3-6H2,1-2H3,(H,8,9). The molecule has 0 aromatic rings. The van der Waals surface area contributed by atoms with Crippen LogP contribution in [0.3, 0.4) is 0 Å². The van der Waals surface area contributed by atoms with Crippen molar-refractivity contribution < 1.29 is 9.90 Å². The van der Waals surface area contributed by atoms with Gasteiger partial charge in [0.1, 0.15) is 0 Å². The van der Waals surface area contributed by atoms with E-state index in [-0.39, 0.29) is 7.92 Å². The van der Waals surface area contributed by atoms with Crippen LogP contribution in [0.2, 0.25) is 0 Å². The van der Waals surface area contributed by atoms with Gasteiger partial charge in [0, 0.05) is 6.42 Å². The highest BCUT2D eigenvalue weighted by atomic mass is 31.1. The lowest BCUT2D eigenvalue weighted by atomic mass is 10.5. The van der Waals surface area contributed by atoms with E-state index in [1.54, 1.807) is 0 Å². The lowest BCUT2D eigenvalue weighted by molar-refractivity contribution is -0.136. The quantitative estimate of drug-likeness (QED) is 0.627. The van der Waals surface area contributed by atoms with Gasteiger partial charge >= 0.3 is 5.97 Å². The van der Waals surface area contributed by atoms with Gasteiger partial charge in [-0.25, -0.2) is 0 Å². The third kappa shape index (κ3) is 4.75. The van der Waals surface area contributed by atoms with Crippen molar-refractivity contribution in [3.63, 3.8) is 0 Å². The molecule has 0 rings (SSSR count). The maximum atomic E-state index is 10.1. The Kier molecular flexibility index (Phi) is 5.61. The molecule has 0 bridgehead atoms. The summed E-state index contributed by atoms with van der Waals surface area (Å²) in [4.78, 5) is 10.1. The minimum Gasteiger partial charge on any atom is -0.481 e. The Balaban J connectivity index is 3.34. The van der Waals surface area contributed by atoms with Crippen LogP contribution in [0.1, 0.15) is 20.3 Å². The van der Waals surface area contributed by atoms with Crippen molar-refractivity contribution in [1.29, 1.82) is 0 Å². The number of carboxylic acids is 1. The normalized spacial score (nSPS) is 10.3. The molecule has 0 aromatic heterocycles. The Labute approximate surface area is 63.4 Å². The zero-order chi connectivity index (χ0) is 7.98.